The third kappa shape index (κ3) is 4.11. The Bertz CT molecular complexity index is 448. The first-order valence-corrected chi connectivity index (χ1v) is 6.86. The topological polar surface area (TPSA) is 58.4 Å². The van der Waals surface area contributed by atoms with Crippen LogP contribution in [0.5, 0.6) is 0 Å². The summed E-state index contributed by atoms with van der Waals surface area (Å²) in [5, 5.41) is 3.40. The minimum atomic E-state index is -0.208. The number of carbonyl (C=O) groups is 1. The second-order valence-electron chi connectivity index (χ2n) is 4.82. The fourth-order valence-electron chi connectivity index (χ4n) is 2.12. The molecular formula is C14H22ClN3O. The van der Waals surface area contributed by atoms with Crippen LogP contribution in [0.1, 0.15) is 27.7 Å². The predicted octanol–water partition coefficient (Wildman–Crippen LogP) is 2.98. The average molecular weight is 284 g/mol. The smallest absolute Gasteiger partial charge is 0.241 e. The molecule has 4 nitrogen and oxygen atoms in total. The van der Waals surface area contributed by atoms with Crippen LogP contribution >= 0.6 is 11.6 Å². The lowest BCUT2D eigenvalue weighted by atomic mass is 10.2. The largest absolute Gasteiger partial charge is 0.397 e. The lowest BCUT2D eigenvalue weighted by Crippen LogP contribution is -2.45. The molecule has 106 valence electrons. The van der Waals surface area contributed by atoms with Crippen molar-refractivity contribution in [3.8, 4) is 0 Å². The number of anilines is 2. The summed E-state index contributed by atoms with van der Waals surface area (Å²) >= 11 is 5.83. The van der Waals surface area contributed by atoms with Gasteiger partial charge in [-0.25, -0.2) is 0 Å². The Hall–Kier alpha value is -1.26. The number of likely N-dealkylation sites (N-methyl/N-ethyl adjacent to an activating group) is 1. The van der Waals surface area contributed by atoms with Crippen molar-refractivity contribution in [3.05, 3.63) is 23.2 Å². The Morgan fingerprint density at radius 3 is 2.53 bits per heavy atom. The lowest BCUT2D eigenvalue weighted by Gasteiger charge is -2.30. The fourth-order valence-corrected chi connectivity index (χ4v) is 2.30. The summed E-state index contributed by atoms with van der Waals surface area (Å²) < 4.78 is 0. The van der Waals surface area contributed by atoms with Gasteiger partial charge in [-0.3, -0.25) is 9.69 Å². The van der Waals surface area contributed by atoms with Gasteiger partial charge < -0.3 is 11.1 Å². The van der Waals surface area contributed by atoms with Crippen molar-refractivity contribution in [1.82, 2.24) is 4.90 Å². The molecule has 5 heteroatoms. The Balaban J connectivity index is 2.78. The molecule has 0 saturated heterocycles. The number of nitrogens with one attached hydrogen (secondary N) is 1. The van der Waals surface area contributed by atoms with Crippen molar-refractivity contribution in [2.75, 3.05) is 17.6 Å². The van der Waals surface area contributed by atoms with Crippen LogP contribution in [0.2, 0.25) is 5.02 Å². The highest BCUT2D eigenvalue weighted by molar-refractivity contribution is 6.31. The minimum Gasteiger partial charge on any atom is -0.397 e. The predicted molar refractivity (Wildman–Crippen MR) is 81.5 cm³/mol. The van der Waals surface area contributed by atoms with Gasteiger partial charge in [0.15, 0.2) is 0 Å². The second kappa shape index (κ2) is 6.78. The first kappa shape index (κ1) is 15.8. The van der Waals surface area contributed by atoms with Gasteiger partial charge in [-0.2, -0.15) is 0 Å². The number of amides is 1. The lowest BCUT2D eigenvalue weighted by molar-refractivity contribution is -0.121. The van der Waals surface area contributed by atoms with Gasteiger partial charge in [0.1, 0.15) is 0 Å². The molecule has 0 heterocycles. The molecule has 0 aliphatic heterocycles. The van der Waals surface area contributed by atoms with Crippen LogP contribution in [-0.2, 0) is 4.79 Å². The Labute approximate surface area is 119 Å². The molecule has 0 bridgehead atoms. The van der Waals surface area contributed by atoms with E-state index in [-0.39, 0.29) is 11.9 Å². The van der Waals surface area contributed by atoms with Crippen molar-refractivity contribution in [2.24, 2.45) is 0 Å². The summed E-state index contributed by atoms with van der Waals surface area (Å²) in [6, 6.07) is 5.15. The SMILES string of the molecule is CCN(C(C)C)C(C)C(=O)Nc1ccc(Cl)cc1N. The Morgan fingerprint density at radius 1 is 1.42 bits per heavy atom. The molecule has 1 aromatic rings. The zero-order valence-corrected chi connectivity index (χ0v) is 12.7. The number of benzene rings is 1. The zero-order valence-electron chi connectivity index (χ0n) is 11.9. The molecule has 0 aliphatic rings. The van der Waals surface area contributed by atoms with Gasteiger partial charge in [0, 0.05) is 11.1 Å². The van der Waals surface area contributed by atoms with Crippen molar-refractivity contribution in [3.63, 3.8) is 0 Å². The first-order valence-electron chi connectivity index (χ1n) is 6.48. The highest BCUT2D eigenvalue weighted by Crippen LogP contribution is 2.23. The van der Waals surface area contributed by atoms with Gasteiger partial charge in [-0.15, -0.1) is 0 Å². The number of nitrogen functional groups attached to an aromatic ring is 1. The Kier molecular flexibility index (Phi) is 5.63. The standard InChI is InChI=1S/C14H22ClN3O/c1-5-18(9(2)3)10(4)14(19)17-13-7-6-11(15)8-12(13)16/h6-10H,5,16H2,1-4H3,(H,17,19). The van der Waals surface area contributed by atoms with Gasteiger partial charge in [0.2, 0.25) is 5.91 Å². The first-order chi connectivity index (χ1) is 8.86. The molecule has 0 aromatic heterocycles. The summed E-state index contributed by atoms with van der Waals surface area (Å²) in [6.07, 6.45) is 0. The van der Waals surface area contributed by atoms with E-state index in [9.17, 15) is 4.79 Å². The van der Waals surface area contributed by atoms with Crippen molar-refractivity contribution < 1.29 is 4.79 Å². The summed E-state index contributed by atoms with van der Waals surface area (Å²) in [5.74, 6) is -0.0652. The second-order valence-corrected chi connectivity index (χ2v) is 5.26. The zero-order chi connectivity index (χ0) is 14.6. The van der Waals surface area contributed by atoms with Crippen LogP contribution in [-0.4, -0.2) is 29.4 Å². The highest BCUT2D eigenvalue weighted by atomic mass is 35.5. The summed E-state index contributed by atoms with van der Waals surface area (Å²) in [6.45, 7) is 8.90. The van der Waals surface area contributed by atoms with E-state index in [0.29, 0.717) is 22.4 Å². The maximum Gasteiger partial charge on any atom is 0.241 e. The molecule has 0 fully saturated rings. The van der Waals surface area contributed by atoms with Crippen molar-refractivity contribution in [2.45, 2.75) is 39.8 Å². The van der Waals surface area contributed by atoms with Crippen LogP contribution in [0.25, 0.3) is 0 Å². The number of halogens is 1. The molecule has 1 atom stereocenters. The number of hydrogen-bond acceptors (Lipinski definition) is 3. The van der Waals surface area contributed by atoms with E-state index in [2.05, 4.69) is 24.1 Å². The molecule has 1 amide bonds. The number of hydrogen-bond donors (Lipinski definition) is 2. The number of rotatable bonds is 5. The Morgan fingerprint density at radius 2 is 2.05 bits per heavy atom. The molecule has 0 aliphatic carbocycles. The molecule has 0 saturated carbocycles. The van der Waals surface area contributed by atoms with Crippen LogP contribution in [0.15, 0.2) is 18.2 Å². The van der Waals surface area contributed by atoms with Crippen molar-refractivity contribution in [1.29, 1.82) is 0 Å². The number of carbonyl (C=O) groups excluding carboxylic acids is 1. The molecule has 3 N–H and O–H groups in total. The van der Waals surface area contributed by atoms with Gasteiger partial charge in [-0.05, 0) is 45.5 Å². The monoisotopic (exact) mass is 283 g/mol. The van der Waals surface area contributed by atoms with E-state index in [0.717, 1.165) is 6.54 Å². The normalized spacial score (nSPS) is 12.8. The molecule has 1 unspecified atom stereocenters. The highest BCUT2D eigenvalue weighted by Gasteiger charge is 2.22. The van der Waals surface area contributed by atoms with Gasteiger partial charge in [0.05, 0.1) is 17.4 Å². The third-order valence-electron chi connectivity index (χ3n) is 3.18. The van der Waals surface area contributed by atoms with E-state index < -0.39 is 0 Å². The van der Waals surface area contributed by atoms with Crippen LogP contribution in [0.4, 0.5) is 11.4 Å². The maximum atomic E-state index is 12.2. The van der Waals surface area contributed by atoms with E-state index >= 15 is 0 Å². The van der Waals surface area contributed by atoms with Gasteiger partial charge >= 0.3 is 0 Å². The molecule has 1 rings (SSSR count). The van der Waals surface area contributed by atoms with E-state index in [1.807, 2.05) is 13.8 Å². The third-order valence-corrected chi connectivity index (χ3v) is 3.41. The van der Waals surface area contributed by atoms with Crippen LogP contribution in [0, 0.1) is 0 Å². The molecule has 1 aromatic carbocycles. The summed E-state index contributed by atoms with van der Waals surface area (Å²) in [5.41, 5.74) is 6.90. The minimum absolute atomic E-state index is 0.0652. The van der Waals surface area contributed by atoms with Gasteiger partial charge in [-0.1, -0.05) is 18.5 Å². The maximum absolute atomic E-state index is 12.2. The molecule has 0 radical (unpaired) electrons. The molecule has 0 spiro atoms. The quantitative estimate of drug-likeness (QED) is 0.817. The fraction of sp³-hybridized carbons (Fsp3) is 0.500. The van der Waals surface area contributed by atoms with Crippen LogP contribution < -0.4 is 11.1 Å². The van der Waals surface area contributed by atoms with Gasteiger partial charge in [0.25, 0.3) is 0 Å². The molecule has 19 heavy (non-hydrogen) atoms. The van der Waals surface area contributed by atoms with Crippen LogP contribution in [0.3, 0.4) is 0 Å². The van der Waals surface area contributed by atoms with E-state index in [4.69, 9.17) is 17.3 Å². The van der Waals surface area contributed by atoms with E-state index in [1.165, 1.54) is 0 Å². The number of nitrogens with two attached hydrogens (primary N) is 1. The van der Waals surface area contributed by atoms with Crippen molar-refractivity contribution >= 4 is 28.9 Å². The van der Waals surface area contributed by atoms with E-state index in [1.54, 1.807) is 18.2 Å². The molecular weight excluding hydrogens is 262 g/mol. The summed E-state index contributed by atoms with van der Waals surface area (Å²) in [7, 11) is 0. The average Bonchev–Trinajstić information content (AvgIpc) is 2.32. The summed E-state index contributed by atoms with van der Waals surface area (Å²) in [4.78, 5) is 14.3. The number of nitrogens with zero attached hydrogens (tertiary/aromatic N) is 1.